The Bertz CT molecular complexity index is 693. The van der Waals surface area contributed by atoms with Crippen molar-refractivity contribution in [2.75, 3.05) is 26.2 Å². The lowest BCUT2D eigenvalue weighted by atomic mass is 10.1. The van der Waals surface area contributed by atoms with Gasteiger partial charge in [-0.3, -0.25) is 9.80 Å². The van der Waals surface area contributed by atoms with Gasteiger partial charge in [-0.05, 0) is 11.6 Å². The fraction of sp³-hybridized carbons (Fsp3) is 0.529. The van der Waals surface area contributed by atoms with E-state index in [0.717, 1.165) is 38.7 Å². The molecule has 1 fully saturated rings. The highest BCUT2D eigenvalue weighted by Gasteiger charge is 2.30. The molecule has 0 radical (unpaired) electrons. The molecule has 0 atom stereocenters. The minimum Gasteiger partial charge on any atom is -0.338 e. The Balaban J connectivity index is 1.51. The zero-order chi connectivity index (χ0) is 17.9. The quantitative estimate of drug-likeness (QED) is 0.826. The molecule has 1 aromatic carbocycles. The van der Waals surface area contributed by atoms with Gasteiger partial charge in [-0.2, -0.15) is 18.2 Å². The van der Waals surface area contributed by atoms with Crippen LogP contribution in [0, 0.1) is 0 Å². The first-order chi connectivity index (χ1) is 11.9. The summed E-state index contributed by atoms with van der Waals surface area (Å²) in [5.41, 5.74) is 0.0968. The fourth-order valence-electron chi connectivity index (χ4n) is 2.90. The largest absolute Gasteiger partial charge is 0.416 e. The van der Waals surface area contributed by atoms with Crippen LogP contribution in [0.1, 0.15) is 29.8 Å². The summed E-state index contributed by atoms with van der Waals surface area (Å²) in [6.07, 6.45) is -3.55. The predicted octanol–water partition coefficient (Wildman–Crippen LogP) is 2.97. The number of rotatable bonds is 5. The Labute approximate surface area is 144 Å². The van der Waals surface area contributed by atoms with E-state index in [1.54, 1.807) is 6.07 Å². The van der Waals surface area contributed by atoms with Crippen LogP contribution in [0.25, 0.3) is 0 Å². The lowest BCUT2D eigenvalue weighted by molar-refractivity contribution is -0.137. The topological polar surface area (TPSA) is 45.4 Å². The summed E-state index contributed by atoms with van der Waals surface area (Å²) >= 11 is 0. The van der Waals surface area contributed by atoms with Gasteiger partial charge in [0.1, 0.15) is 0 Å². The van der Waals surface area contributed by atoms with Crippen molar-refractivity contribution in [3.05, 3.63) is 47.1 Å². The van der Waals surface area contributed by atoms with Crippen molar-refractivity contribution < 1.29 is 17.7 Å². The van der Waals surface area contributed by atoms with Crippen LogP contribution in [-0.2, 0) is 25.7 Å². The highest BCUT2D eigenvalue weighted by Crippen LogP contribution is 2.29. The van der Waals surface area contributed by atoms with Crippen LogP contribution < -0.4 is 0 Å². The van der Waals surface area contributed by atoms with Crippen molar-refractivity contribution in [1.82, 2.24) is 19.9 Å². The second-order valence-corrected chi connectivity index (χ2v) is 6.21. The number of piperazine rings is 1. The van der Waals surface area contributed by atoms with Crippen molar-refractivity contribution in [3.8, 4) is 0 Å². The molecule has 0 N–H and O–H groups in total. The summed E-state index contributed by atoms with van der Waals surface area (Å²) in [6, 6.07) is 5.55. The molecule has 25 heavy (non-hydrogen) atoms. The summed E-state index contributed by atoms with van der Waals surface area (Å²) < 4.78 is 43.6. The van der Waals surface area contributed by atoms with E-state index in [4.69, 9.17) is 4.52 Å². The molecule has 0 unspecified atom stereocenters. The van der Waals surface area contributed by atoms with Gasteiger partial charge in [0.15, 0.2) is 5.82 Å². The zero-order valence-corrected chi connectivity index (χ0v) is 14.1. The van der Waals surface area contributed by atoms with Crippen molar-refractivity contribution >= 4 is 0 Å². The van der Waals surface area contributed by atoms with Crippen LogP contribution in [0.3, 0.4) is 0 Å². The summed E-state index contributed by atoms with van der Waals surface area (Å²) in [6.45, 7) is 6.35. The Kier molecular flexibility index (Phi) is 5.39. The molecule has 1 saturated heterocycles. The smallest absolute Gasteiger partial charge is 0.338 e. The van der Waals surface area contributed by atoms with Crippen molar-refractivity contribution in [1.29, 1.82) is 0 Å². The van der Waals surface area contributed by atoms with Gasteiger partial charge in [0.05, 0.1) is 12.1 Å². The number of hydrogen-bond donors (Lipinski definition) is 0. The SMILES string of the molecule is CCc1noc(CN2CCN(Cc3cccc(C(F)(F)F)c3)CC2)n1. The average Bonchev–Trinajstić information content (AvgIpc) is 3.04. The molecule has 1 aromatic heterocycles. The van der Waals surface area contributed by atoms with E-state index in [1.807, 2.05) is 6.92 Å². The standard InChI is InChI=1S/C17H21F3N4O/c1-2-15-21-16(25-22-15)12-24-8-6-23(7-9-24)11-13-4-3-5-14(10-13)17(18,19)20/h3-5,10H,2,6-9,11-12H2,1H3. The first-order valence-electron chi connectivity index (χ1n) is 8.36. The van der Waals surface area contributed by atoms with Gasteiger partial charge < -0.3 is 4.52 Å². The Morgan fingerprint density at radius 1 is 1.08 bits per heavy atom. The molecular formula is C17H21F3N4O. The maximum absolute atomic E-state index is 12.8. The minimum absolute atomic E-state index is 0.526. The third-order valence-corrected chi connectivity index (χ3v) is 4.31. The molecule has 8 heteroatoms. The molecule has 0 spiro atoms. The van der Waals surface area contributed by atoms with E-state index in [0.29, 0.717) is 30.4 Å². The Morgan fingerprint density at radius 2 is 1.76 bits per heavy atom. The van der Waals surface area contributed by atoms with E-state index in [9.17, 15) is 13.2 Å². The monoisotopic (exact) mass is 354 g/mol. The molecule has 3 rings (SSSR count). The number of aromatic nitrogens is 2. The number of alkyl halides is 3. The number of hydrogen-bond acceptors (Lipinski definition) is 5. The second kappa shape index (κ2) is 7.53. The first kappa shape index (κ1) is 17.9. The van der Waals surface area contributed by atoms with Crippen LogP contribution in [0.5, 0.6) is 0 Å². The summed E-state index contributed by atoms with van der Waals surface area (Å²) in [5, 5.41) is 3.88. The van der Waals surface area contributed by atoms with Crippen LogP contribution in [0.15, 0.2) is 28.8 Å². The number of benzene rings is 1. The van der Waals surface area contributed by atoms with Gasteiger partial charge in [0.2, 0.25) is 5.89 Å². The molecule has 0 bridgehead atoms. The fourth-order valence-corrected chi connectivity index (χ4v) is 2.90. The van der Waals surface area contributed by atoms with E-state index >= 15 is 0 Å². The van der Waals surface area contributed by atoms with Gasteiger partial charge in [-0.15, -0.1) is 0 Å². The maximum Gasteiger partial charge on any atom is 0.416 e. The minimum atomic E-state index is -4.30. The van der Waals surface area contributed by atoms with Crippen molar-refractivity contribution in [2.45, 2.75) is 32.6 Å². The van der Waals surface area contributed by atoms with Crippen molar-refractivity contribution in [2.24, 2.45) is 0 Å². The lowest BCUT2D eigenvalue weighted by Crippen LogP contribution is -2.45. The third-order valence-electron chi connectivity index (χ3n) is 4.31. The predicted molar refractivity (Wildman–Crippen MR) is 85.7 cm³/mol. The van der Waals surface area contributed by atoms with Gasteiger partial charge in [0, 0.05) is 39.1 Å². The van der Waals surface area contributed by atoms with Crippen molar-refractivity contribution in [3.63, 3.8) is 0 Å². The van der Waals surface area contributed by atoms with Gasteiger partial charge in [0.25, 0.3) is 0 Å². The molecule has 5 nitrogen and oxygen atoms in total. The average molecular weight is 354 g/mol. The summed E-state index contributed by atoms with van der Waals surface area (Å²) in [7, 11) is 0. The molecule has 0 aliphatic carbocycles. The summed E-state index contributed by atoms with van der Waals surface area (Å²) in [4.78, 5) is 8.68. The Hall–Kier alpha value is -1.93. The highest BCUT2D eigenvalue weighted by atomic mass is 19.4. The Morgan fingerprint density at radius 3 is 2.36 bits per heavy atom. The molecule has 0 amide bonds. The zero-order valence-electron chi connectivity index (χ0n) is 14.1. The van der Waals surface area contributed by atoms with Gasteiger partial charge in [-0.25, -0.2) is 0 Å². The first-order valence-corrected chi connectivity index (χ1v) is 8.36. The van der Waals surface area contributed by atoms with Gasteiger partial charge >= 0.3 is 6.18 Å². The maximum atomic E-state index is 12.8. The van der Waals surface area contributed by atoms with Crippen LogP contribution in [0.2, 0.25) is 0 Å². The molecule has 0 saturated carbocycles. The second-order valence-electron chi connectivity index (χ2n) is 6.21. The highest BCUT2D eigenvalue weighted by molar-refractivity contribution is 5.25. The van der Waals surface area contributed by atoms with Crippen LogP contribution >= 0.6 is 0 Å². The third kappa shape index (κ3) is 4.79. The molecule has 1 aliphatic heterocycles. The van der Waals surface area contributed by atoms with Gasteiger partial charge in [-0.1, -0.05) is 30.3 Å². The molecular weight excluding hydrogens is 333 g/mol. The molecule has 2 aromatic rings. The summed E-state index contributed by atoms with van der Waals surface area (Å²) in [5.74, 6) is 1.32. The normalized spacial score (nSPS) is 17.1. The molecule has 136 valence electrons. The lowest BCUT2D eigenvalue weighted by Gasteiger charge is -2.34. The van der Waals surface area contributed by atoms with E-state index in [2.05, 4.69) is 19.9 Å². The van der Waals surface area contributed by atoms with E-state index in [-0.39, 0.29) is 0 Å². The number of nitrogens with zero attached hydrogens (tertiary/aromatic N) is 4. The van der Waals surface area contributed by atoms with Crippen LogP contribution in [0.4, 0.5) is 13.2 Å². The van der Waals surface area contributed by atoms with E-state index in [1.165, 1.54) is 12.1 Å². The van der Waals surface area contributed by atoms with Crippen LogP contribution in [-0.4, -0.2) is 46.1 Å². The number of aryl methyl sites for hydroxylation is 1. The molecule has 2 heterocycles. The molecule has 1 aliphatic rings. The van der Waals surface area contributed by atoms with E-state index < -0.39 is 11.7 Å². The number of halogens is 3.